The van der Waals surface area contributed by atoms with Crippen LogP contribution in [0, 0.1) is 0 Å². The standard InChI is InChI=1S/C25H27F2N/c1-3-24(22-15-10-16-23(17-22)25(26)27)28(18-20-11-6-4-7-12-20)19(2)21-13-8-5-9-14-21/h4-17,19,24-25H,3,18H2,1-2H3/t19-,24+/m1/s1. The minimum atomic E-state index is -2.45. The van der Waals surface area contributed by atoms with E-state index in [1.165, 1.54) is 17.2 Å². The first-order chi connectivity index (χ1) is 13.6. The highest BCUT2D eigenvalue weighted by atomic mass is 19.3. The van der Waals surface area contributed by atoms with Gasteiger partial charge in [0.25, 0.3) is 6.43 Å². The molecule has 2 atom stereocenters. The third kappa shape index (κ3) is 4.85. The van der Waals surface area contributed by atoms with Crippen molar-refractivity contribution in [3.05, 3.63) is 107 Å². The molecule has 0 aliphatic heterocycles. The van der Waals surface area contributed by atoms with Crippen LogP contribution in [-0.4, -0.2) is 4.90 Å². The number of hydrogen-bond acceptors (Lipinski definition) is 1. The lowest BCUT2D eigenvalue weighted by Gasteiger charge is -2.37. The van der Waals surface area contributed by atoms with Crippen LogP contribution in [0.5, 0.6) is 0 Å². The van der Waals surface area contributed by atoms with Gasteiger partial charge in [-0.15, -0.1) is 0 Å². The lowest BCUT2D eigenvalue weighted by atomic mass is 9.96. The molecule has 28 heavy (non-hydrogen) atoms. The van der Waals surface area contributed by atoms with E-state index < -0.39 is 6.43 Å². The number of benzene rings is 3. The summed E-state index contributed by atoms with van der Waals surface area (Å²) in [6, 6.07) is 27.8. The van der Waals surface area contributed by atoms with Crippen LogP contribution in [0.2, 0.25) is 0 Å². The largest absolute Gasteiger partial charge is 0.285 e. The van der Waals surface area contributed by atoms with Gasteiger partial charge in [-0.2, -0.15) is 0 Å². The van der Waals surface area contributed by atoms with Crippen molar-refractivity contribution in [2.45, 2.75) is 45.3 Å². The Hall–Kier alpha value is -2.52. The Morgan fingerprint density at radius 3 is 1.93 bits per heavy atom. The van der Waals surface area contributed by atoms with E-state index in [1.807, 2.05) is 42.5 Å². The summed E-state index contributed by atoms with van der Waals surface area (Å²) < 4.78 is 26.5. The van der Waals surface area contributed by atoms with Gasteiger partial charge < -0.3 is 0 Å². The molecule has 0 unspecified atom stereocenters. The van der Waals surface area contributed by atoms with Crippen LogP contribution >= 0.6 is 0 Å². The number of alkyl halides is 2. The third-order valence-corrected chi connectivity index (χ3v) is 5.32. The van der Waals surface area contributed by atoms with Gasteiger partial charge in [-0.1, -0.05) is 85.8 Å². The Labute approximate surface area is 166 Å². The van der Waals surface area contributed by atoms with Gasteiger partial charge in [0, 0.05) is 24.2 Å². The third-order valence-electron chi connectivity index (χ3n) is 5.32. The van der Waals surface area contributed by atoms with Crippen molar-refractivity contribution in [2.75, 3.05) is 0 Å². The van der Waals surface area contributed by atoms with Crippen LogP contribution in [0.15, 0.2) is 84.9 Å². The molecule has 0 saturated heterocycles. The predicted octanol–water partition coefficient (Wildman–Crippen LogP) is 7.34. The Bertz CT molecular complexity index is 849. The van der Waals surface area contributed by atoms with Gasteiger partial charge in [0.15, 0.2) is 0 Å². The summed E-state index contributed by atoms with van der Waals surface area (Å²) in [5.41, 5.74) is 3.47. The molecule has 3 heteroatoms. The van der Waals surface area contributed by atoms with Gasteiger partial charge in [-0.05, 0) is 36.1 Å². The number of hydrogen-bond donors (Lipinski definition) is 0. The molecule has 0 aliphatic carbocycles. The Morgan fingerprint density at radius 1 is 0.750 bits per heavy atom. The average molecular weight is 379 g/mol. The average Bonchev–Trinajstić information content (AvgIpc) is 2.74. The van der Waals surface area contributed by atoms with Gasteiger partial charge in [0.1, 0.15) is 0 Å². The number of nitrogens with zero attached hydrogens (tertiary/aromatic N) is 1. The van der Waals surface area contributed by atoms with Crippen LogP contribution < -0.4 is 0 Å². The van der Waals surface area contributed by atoms with Crippen molar-refractivity contribution in [3.63, 3.8) is 0 Å². The summed E-state index contributed by atoms with van der Waals surface area (Å²) in [7, 11) is 0. The fraction of sp³-hybridized carbons (Fsp3) is 0.280. The van der Waals surface area contributed by atoms with E-state index in [2.05, 4.69) is 43.0 Å². The van der Waals surface area contributed by atoms with Crippen LogP contribution in [0.1, 0.15) is 61.0 Å². The van der Waals surface area contributed by atoms with E-state index in [9.17, 15) is 8.78 Å². The fourth-order valence-corrected chi connectivity index (χ4v) is 3.80. The van der Waals surface area contributed by atoms with Gasteiger partial charge in [-0.3, -0.25) is 4.90 Å². The maximum Gasteiger partial charge on any atom is 0.263 e. The first-order valence-electron chi connectivity index (χ1n) is 9.82. The monoisotopic (exact) mass is 379 g/mol. The second-order valence-electron chi connectivity index (χ2n) is 7.14. The van der Waals surface area contributed by atoms with Crippen molar-refractivity contribution in [2.24, 2.45) is 0 Å². The molecule has 0 aliphatic rings. The van der Waals surface area contributed by atoms with E-state index in [1.54, 1.807) is 12.1 Å². The number of rotatable bonds is 8. The Kier molecular flexibility index (Phi) is 6.94. The second kappa shape index (κ2) is 9.61. The minimum absolute atomic E-state index is 0.0501. The number of halogens is 2. The van der Waals surface area contributed by atoms with Gasteiger partial charge in [0.2, 0.25) is 0 Å². The topological polar surface area (TPSA) is 3.24 Å². The molecule has 0 amide bonds. The summed E-state index contributed by atoms with van der Waals surface area (Å²) in [5, 5.41) is 0. The summed E-state index contributed by atoms with van der Waals surface area (Å²) in [5.74, 6) is 0. The van der Waals surface area contributed by atoms with Gasteiger partial charge >= 0.3 is 0 Å². The highest BCUT2D eigenvalue weighted by Crippen LogP contribution is 2.35. The van der Waals surface area contributed by atoms with E-state index >= 15 is 0 Å². The molecular weight excluding hydrogens is 352 g/mol. The quantitative estimate of drug-likeness (QED) is 0.396. The summed E-state index contributed by atoms with van der Waals surface area (Å²) >= 11 is 0. The van der Waals surface area contributed by atoms with Crippen molar-refractivity contribution in [1.82, 2.24) is 4.90 Å². The molecule has 3 aromatic rings. The highest BCUT2D eigenvalue weighted by Gasteiger charge is 2.25. The Balaban J connectivity index is 1.99. The summed E-state index contributed by atoms with van der Waals surface area (Å²) in [6.45, 7) is 5.07. The molecule has 0 aromatic heterocycles. The molecule has 3 aromatic carbocycles. The molecule has 0 heterocycles. The van der Waals surface area contributed by atoms with Gasteiger partial charge in [0.05, 0.1) is 0 Å². The lowest BCUT2D eigenvalue weighted by molar-refractivity contribution is 0.128. The zero-order valence-electron chi connectivity index (χ0n) is 16.4. The molecule has 0 fully saturated rings. The molecule has 0 N–H and O–H groups in total. The van der Waals surface area contributed by atoms with Crippen molar-refractivity contribution < 1.29 is 8.78 Å². The van der Waals surface area contributed by atoms with Crippen LogP contribution in [0.4, 0.5) is 8.78 Å². The summed E-state index contributed by atoms with van der Waals surface area (Å²) in [4.78, 5) is 2.41. The normalized spacial score (nSPS) is 13.6. The zero-order valence-corrected chi connectivity index (χ0v) is 16.4. The van der Waals surface area contributed by atoms with E-state index in [0.29, 0.717) is 0 Å². The highest BCUT2D eigenvalue weighted by molar-refractivity contribution is 5.28. The van der Waals surface area contributed by atoms with Crippen LogP contribution in [-0.2, 0) is 6.54 Å². The molecule has 0 spiro atoms. The van der Waals surface area contributed by atoms with E-state index in [-0.39, 0.29) is 17.6 Å². The predicted molar refractivity (Wildman–Crippen MR) is 111 cm³/mol. The SMILES string of the molecule is CC[C@@H](c1cccc(C(F)F)c1)N(Cc1ccccc1)[C@H](C)c1ccccc1. The molecule has 0 saturated carbocycles. The maximum atomic E-state index is 13.3. The Morgan fingerprint density at radius 2 is 1.32 bits per heavy atom. The molecule has 0 bridgehead atoms. The van der Waals surface area contributed by atoms with Crippen LogP contribution in [0.25, 0.3) is 0 Å². The summed E-state index contributed by atoms with van der Waals surface area (Å²) in [6.07, 6.45) is -1.61. The van der Waals surface area contributed by atoms with Crippen molar-refractivity contribution in [1.29, 1.82) is 0 Å². The van der Waals surface area contributed by atoms with Crippen molar-refractivity contribution >= 4 is 0 Å². The lowest BCUT2D eigenvalue weighted by Crippen LogP contribution is -2.31. The first-order valence-corrected chi connectivity index (χ1v) is 9.82. The maximum absolute atomic E-state index is 13.3. The molecule has 0 radical (unpaired) electrons. The minimum Gasteiger partial charge on any atom is -0.285 e. The molecule has 1 nitrogen and oxygen atoms in total. The smallest absolute Gasteiger partial charge is 0.263 e. The molecule has 146 valence electrons. The second-order valence-corrected chi connectivity index (χ2v) is 7.14. The van der Waals surface area contributed by atoms with Gasteiger partial charge in [-0.25, -0.2) is 8.78 Å². The van der Waals surface area contributed by atoms with Crippen molar-refractivity contribution in [3.8, 4) is 0 Å². The molecular formula is C25H27F2N. The zero-order chi connectivity index (χ0) is 19.9. The fourth-order valence-electron chi connectivity index (χ4n) is 3.80. The first kappa shape index (κ1) is 20.2. The molecule has 3 rings (SSSR count). The van der Waals surface area contributed by atoms with E-state index in [0.717, 1.165) is 18.5 Å². The van der Waals surface area contributed by atoms with Crippen LogP contribution in [0.3, 0.4) is 0 Å². The van der Waals surface area contributed by atoms with E-state index in [4.69, 9.17) is 0 Å².